The number of hydrogen-bond acceptors (Lipinski definition) is 4. The van der Waals surface area contributed by atoms with Gasteiger partial charge in [-0.1, -0.05) is 29.9 Å². The van der Waals surface area contributed by atoms with E-state index in [-0.39, 0.29) is 5.24 Å². The van der Waals surface area contributed by atoms with Gasteiger partial charge in [0.1, 0.15) is 10.8 Å². The monoisotopic (exact) mass is 275 g/mol. The topological polar surface area (TPSA) is 65.0 Å². The Labute approximate surface area is 113 Å². The zero-order chi connectivity index (χ0) is 12.9. The van der Waals surface area contributed by atoms with Crippen LogP contribution in [-0.4, -0.2) is 16.1 Å². The number of hydrogen-bond donors (Lipinski definition) is 3. The lowest BCUT2D eigenvalue weighted by atomic mass is 10.0. The number of thioether (sulfide) groups is 1. The molecule has 2 aliphatic heterocycles. The van der Waals surface area contributed by atoms with E-state index >= 15 is 0 Å². The van der Waals surface area contributed by atoms with Crippen molar-refractivity contribution < 1.29 is 4.79 Å². The molecule has 1 fully saturated rings. The molecule has 0 aliphatic carbocycles. The van der Waals surface area contributed by atoms with E-state index in [9.17, 15) is 4.79 Å². The maximum Gasteiger partial charge on any atom is 0.289 e. The Bertz CT molecular complexity index is 649. The van der Waals surface area contributed by atoms with Crippen LogP contribution < -0.4 is 10.6 Å². The van der Waals surface area contributed by atoms with E-state index in [1.165, 1.54) is 0 Å². The smallest absolute Gasteiger partial charge is 0.289 e. The molecule has 3 rings (SSSR count). The third kappa shape index (κ3) is 1.65. The van der Waals surface area contributed by atoms with E-state index in [4.69, 9.17) is 17.6 Å². The molecule has 1 amide bonds. The van der Waals surface area contributed by atoms with Gasteiger partial charge < -0.3 is 10.6 Å². The van der Waals surface area contributed by atoms with Crippen molar-refractivity contribution in [1.29, 1.82) is 5.41 Å². The molecule has 18 heavy (non-hydrogen) atoms. The zero-order valence-corrected chi connectivity index (χ0v) is 11.1. The SMILES string of the molecule is Cc1ccc2c(c1)/C(=C1\SC(=O)NC1=S)NC2=N. The first-order valence-electron chi connectivity index (χ1n) is 5.30. The van der Waals surface area contributed by atoms with Crippen LogP contribution in [0.3, 0.4) is 0 Å². The van der Waals surface area contributed by atoms with Gasteiger partial charge in [-0.2, -0.15) is 0 Å². The molecule has 0 radical (unpaired) electrons. The molecule has 0 unspecified atom stereocenters. The van der Waals surface area contributed by atoms with Crippen LogP contribution in [0.15, 0.2) is 23.1 Å². The normalized spacial score (nSPS) is 21.9. The summed E-state index contributed by atoms with van der Waals surface area (Å²) in [5.41, 5.74) is 3.64. The highest BCUT2D eigenvalue weighted by Crippen LogP contribution is 2.35. The fraction of sp³-hybridized carbons (Fsp3) is 0.0833. The van der Waals surface area contributed by atoms with Gasteiger partial charge in [0, 0.05) is 11.1 Å². The summed E-state index contributed by atoms with van der Waals surface area (Å²) in [5, 5.41) is 13.3. The number of nitrogens with one attached hydrogen (secondary N) is 3. The molecule has 90 valence electrons. The Morgan fingerprint density at radius 1 is 1.28 bits per heavy atom. The summed E-state index contributed by atoms with van der Waals surface area (Å²) >= 11 is 6.21. The molecule has 3 N–H and O–H groups in total. The van der Waals surface area contributed by atoms with Gasteiger partial charge in [-0.05, 0) is 24.8 Å². The minimum Gasteiger partial charge on any atom is -0.339 e. The van der Waals surface area contributed by atoms with E-state index in [0.29, 0.717) is 15.7 Å². The molecule has 0 atom stereocenters. The maximum atomic E-state index is 11.3. The van der Waals surface area contributed by atoms with E-state index in [2.05, 4.69) is 10.6 Å². The molecule has 1 aromatic rings. The van der Waals surface area contributed by atoms with Gasteiger partial charge in [0.2, 0.25) is 0 Å². The van der Waals surface area contributed by atoms with Crippen molar-refractivity contribution in [2.24, 2.45) is 0 Å². The van der Waals surface area contributed by atoms with E-state index in [1.54, 1.807) is 0 Å². The van der Waals surface area contributed by atoms with Crippen molar-refractivity contribution in [2.75, 3.05) is 0 Å². The van der Waals surface area contributed by atoms with Gasteiger partial charge in [0.25, 0.3) is 5.24 Å². The minimum absolute atomic E-state index is 0.170. The number of carbonyl (C=O) groups is 1. The highest BCUT2D eigenvalue weighted by molar-refractivity contribution is 8.19. The zero-order valence-electron chi connectivity index (χ0n) is 9.46. The fourth-order valence-electron chi connectivity index (χ4n) is 2.00. The quantitative estimate of drug-likeness (QED) is 0.502. The summed E-state index contributed by atoms with van der Waals surface area (Å²) < 4.78 is 0. The van der Waals surface area contributed by atoms with Crippen molar-refractivity contribution in [2.45, 2.75) is 6.92 Å². The van der Waals surface area contributed by atoms with Crippen molar-refractivity contribution in [3.05, 3.63) is 39.8 Å². The van der Waals surface area contributed by atoms with Crippen LogP contribution in [0.1, 0.15) is 16.7 Å². The Morgan fingerprint density at radius 2 is 2.06 bits per heavy atom. The van der Waals surface area contributed by atoms with Gasteiger partial charge in [-0.3, -0.25) is 10.2 Å². The first kappa shape index (κ1) is 11.4. The lowest BCUT2D eigenvalue weighted by molar-refractivity contribution is 0.265. The average Bonchev–Trinajstić information content (AvgIpc) is 2.79. The van der Waals surface area contributed by atoms with Crippen LogP contribution in [0.2, 0.25) is 0 Å². The van der Waals surface area contributed by atoms with Gasteiger partial charge in [0.05, 0.1) is 10.6 Å². The molecule has 0 bridgehead atoms. The van der Waals surface area contributed by atoms with Crippen LogP contribution in [-0.2, 0) is 0 Å². The van der Waals surface area contributed by atoms with Gasteiger partial charge in [0.15, 0.2) is 0 Å². The Balaban J connectivity index is 2.21. The molecule has 0 spiro atoms. The van der Waals surface area contributed by atoms with Crippen molar-refractivity contribution >= 4 is 45.7 Å². The first-order valence-corrected chi connectivity index (χ1v) is 6.53. The van der Waals surface area contributed by atoms with Gasteiger partial charge in [-0.15, -0.1) is 0 Å². The number of carbonyl (C=O) groups excluding carboxylic acids is 1. The lowest BCUT2D eigenvalue weighted by Crippen LogP contribution is -2.18. The maximum absolute atomic E-state index is 11.3. The van der Waals surface area contributed by atoms with Crippen LogP contribution in [0, 0.1) is 12.3 Å². The number of thiocarbonyl (C=S) groups is 1. The molecule has 0 aromatic heterocycles. The van der Waals surface area contributed by atoms with Crippen molar-refractivity contribution in [3.63, 3.8) is 0 Å². The number of rotatable bonds is 0. The summed E-state index contributed by atoms with van der Waals surface area (Å²) in [7, 11) is 0. The van der Waals surface area contributed by atoms with Crippen LogP contribution >= 0.6 is 24.0 Å². The largest absolute Gasteiger partial charge is 0.339 e. The van der Waals surface area contributed by atoms with Crippen LogP contribution in [0.4, 0.5) is 4.79 Å². The second-order valence-corrected chi connectivity index (χ2v) is 5.49. The van der Waals surface area contributed by atoms with Gasteiger partial charge in [-0.25, -0.2) is 0 Å². The number of benzene rings is 1. The third-order valence-corrected chi connectivity index (χ3v) is 4.14. The first-order chi connectivity index (χ1) is 8.56. The summed E-state index contributed by atoms with van der Waals surface area (Å²) in [6.07, 6.45) is 0. The van der Waals surface area contributed by atoms with Crippen molar-refractivity contribution in [3.8, 4) is 0 Å². The lowest BCUT2D eigenvalue weighted by Gasteiger charge is -2.04. The molecular weight excluding hydrogens is 266 g/mol. The number of amidine groups is 1. The predicted octanol–water partition coefficient (Wildman–Crippen LogP) is 2.38. The molecule has 0 saturated carbocycles. The van der Waals surface area contributed by atoms with E-state index in [0.717, 1.165) is 34.1 Å². The van der Waals surface area contributed by atoms with E-state index in [1.807, 2.05) is 25.1 Å². The predicted molar refractivity (Wildman–Crippen MR) is 76.8 cm³/mol. The molecule has 1 aromatic carbocycles. The summed E-state index contributed by atoms with van der Waals surface area (Å²) in [6.45, 7) is 1.99. The highest BCUT2D eigenvalue weighted by Gasteiger charge is 2.31. The van der Waals surface area contributed by atoms with Crippen LogP contribution in [0.5, 0.6) is 0 Å². The van der Waals surface area contributed by atoms with Crippen molar-refractivity contribution in [1.82, 2.24) is 10.6 Å². The summed E-state index contributed by atoms with van der Waals surface area (Å²) in [6, 6.07) is 5.87. The second kappa shape index (κ2) is 3.93. The number of amides is 1. The summed E-state index contributed by atoms with van der Waals surface area (Å²) in [5.74, 6) is 0.343. The van der Waals surface area contributed by atoms with E-state index < -0.39 is 0 Å². The molecule has 6 heteroatoms. The second-order valence-electron chi connectivity index (χ2n) is 4.10. The average molecular weight is 275 g/mol. The number of aryl methyl sites for hydroxylation is 1. The molecule has 4 nitrogen and oxygen atoms in total. The summed E-state index contributed by atoms with van der Waals surface area (Å²) in [4.78, 5) is 12.5. The number of fused-ring (bicyclic) bond motifs is 1. The Kier molecular flexibility index (Phi) is 2.49. The molecule has 2 aliphatic rings. The third-order valence-electron chi connectivity index (χ3n) is 2.81. The fourth-order valence-corrected chi connectivity index (χ4v) is 3.13. The molecular formula is C12H9N3OS2. The highest BCUT2D eigenvalue weighted by atomic mass is 32.2. The van der Waals surface area contributed by atoms with Gasteiger partial charge >= 0.3 is 0 Å². The van der Waals surface area contributed by atoms with Crippen LogP contribution in [0.25, 0.3) is 5.70 Å². The minimum atomic E-state index is -0.170. The standard InChI is InChI=1S/C12H9N3OS2/c1-5-2-3-6-7(4-5)8(14-10(6)13)9-11(17)15-12(16)18-9/h2-4H,1H3,(H2,13,14)(H,15,16,17)/b9-8+. The Morgan fingerprint density at radius 3 is 2.72 bits per heavy atom. The Hall–Kier alpha value is -1.66. The molecule has 2 heterocycles. The molecule has 1 saturated heterocycles.